The number of hydrogen-bond donors (Lipinski definition) is 0. The van der Waals surface area contributed by atoms with Gasteiger partial charge in [-0.3, -0.25) is 0 Å². The van der Waals surface area contributed by atoms with Gasteiger partial charge in [-0.25, -0.2) is 4.79 Å². The van der Waals surface area contributed by atoms with Crippen molar-refractivity contribution in [3.63, 3.8) is 0 Å². The minimum atomic E-state index is -0.163. The number of rotatable bonds is 6. The zero-order chi connectivity index (χ0) is 14.9. The van der Waals surface area contributed by atoms with E-state index < -0.39 is 0 Å². The Labute approximate surface area is 135 Å². The van der Waals surface area contributed by atoms with Gasteiger partial charge in [0.15, 0.2) is 0 Å². The largest absolute Gasteiger partial charge is 0.445 e. The van der Waals surface area contributed by atoms with E-state index in [1.165, 1.54) is 25.7 Å². The van der Waals surface area contributed by atoms with Crippen LogP contribution in [0.5, 0.6) is 0 Å². The van der Waals surface area contributed by atoms with Crippen LogP contribution in [0.2, 0.25) is 0 Å². The van der Waals surface area contributed by atoms with Gasteiger partial charge >= 0.3 is 6.09 Å². The number of unbranched alkanes of at least 4 members (excludes halogenated alkanes) is 1. The quantitative estimate of drug-likeness (QED) is 0.552. The highest BCUT2D eigenvalue weighted by Crippen LogP contribution is 2.22. The van der Waals surface area contributed by atoms with Crippen molar-refractivity contribution in [1.29, 1.82) is 0 Å². The van der Waals surface area contributed by atoms with Crippen LogP contribution in [0, 0.1) is 5.92 Å². The second kappa shape index (κ2) is 9.08. The van der Waals surface area contributed by atoms with Crippen molar-refractivity contribution in [2.75, 3.05) is 18.4 Å². The van der Waals surface area contributed by atoms with Crippen molar-refractivity contribution < 1.29 is 9.53 Å². The fraction of sp³-hybridized carbons (Fsp3) is 0.588. The van der Waals surface area contributed by atoms with Crippen LogP contribution in [0.4, 0.5) is 4.79 Å². The first kappa shape index (κ1) is 16.3. The zero-order valence-electron chi connectivity index (χ0n) is 12.5. The summed E-state index contributed by atoms with van der Waals surface area (Å²) >= 11 is 3.47. The Hall–Kier alpha value is -1.03. The van der Waals surface area contributed by atoms with Gasteiger partial charge in [0.2, 0.25) is 0 Å². The molecule has 0 N–H and O–H groups in total. The summed E-state index contributed by atoms with van der Waals surface area (Å²) in [5.41, 5.74) is 1.04. The van der Waals surface area contributed by atoms with Crippen molar-refractivity contribution in [2.24, 2.45) is 5.92 Å². The minimum absolute atomic E-state index is 0.163. The second-order valence-corrected chi connectivity index (χ2v) is 6.47. The van der Waals surface area contributed by atoms with Gasteiger partial charge in [0.05, 0.1) is 0 Å². The van der Waals surface area contributed by atoms with E-state index in [0.717, 1.165) is 30.4 Å². The van der Waals surface area contributed by atoms with Crippen LogP contribution >= 0.6 is 15.9 Å². The monoisotopic (exact) mass is 353 g/mol. The van der Waals surface area contributed by atoms with Gasteiger partial charge in [-0.15, -0.1) is 0 Å². The predicted molar refractivity (Wildman–Crippen MR) is 88.6 cm³/mol. The number of carbonyl (C=O) groups is 1. The van der Waals surface area contributed by atoms with E-state index >= 15 is 0 Å². The molecule has 1 atom stereocenters. The van der Waals surface area contributed by atoms with Gasteiger partial charge in [0.1, 0.15) is 6.61 Å². The molecule has 1 heterocycles. The molecule has 1 fully saturated rings. The van der Waals surface area contributed by atoms with Gasteiger partial charge in [-0.05, 0) is 37.2 Å². The van der Waals surface area contributed by atoms with Gasteiger partial charge in [0, 0.05) is 18.4 Å². The average Bonchev–Trinajstić information content (AvgIpc) is 2.54. The maximum atomic E-state index is 12.1. The standard InChI is InChI=1S/C17H24BrNO2/c18-11-5-4-7-15-10-6-12-19(13-15)17(20)21-14-16-8-2-1-3-9-16/h1-3,8-9,15H,4-7,10-14H2. The molecular weight excluding hydrogens is 330 g/mol. The lowest BCUT2D eigenvalue weighted by atomic mass is 9.93. The molecule has 1 aliphatic heterocycles. The number of carbonyl (C=O) groups excluding carboxylic acids is 1. The molecular formula is C17H24BrNO2. The Balaban J connectivity index is 1.74. The van der Waals surface area contributed by atoms with Gasteiger partial charge < -0.3 is 9.64 Å². The van der Waals surface area contributed by atoms with Crippen LogP contribution in [-0.4, -0.2) is 29.4 Å². The van der Waals surface area contributed by atoms with Gasteiger partial charge in [0.25, 0.3) is 0 Å². The Morgan fingerprint density at radius 2 is 2.10 bits per heavy atom. The maximum Gasteiger partial charge on any atom is 0.410 e. The third kappa shape index (κ3) is 5.70. The summed E-state index contributed by atoms with van der Waals surface area (Å²) < 4.78 is 5.42. The van der Waals surface area contributed by atoms with Crippen LogP contribution in [0.15, 0.2) is 30.3 Å². The third-order valence-electron chi connectivity index (χ3n) is 3.98. The normalized spacial score (nSPS) is 18.5. The molecule has 0 radical (unpaired) electrons. The number of likely N-dealkylation sites (tertiary alicyclic amines) is 1. The molecule has 0 saturated carbocycles. The lowest BCUT2D eigenvalue weighted by Gasteiger charge is -2.32. The second-order valence-electron chi connectivity index (χ2n) is 5.68. The first-order chi connectivity index (χ1) is 10.3. The summed E-state index contributed by atoms with van der Waals surface area (Å²) in [7, 11) is 0. The first-order valence-electron chi connectivity index (χ1n) is 7.81. The van der Waals surface area contributed by atoms with E-state index in [1.54, 1.807) is 0 Å². The number of benzene rings is 1. The highest BCUT2D eigenvalue weighted by atomic mass is 79.9. The highest BCUT2D eigenvalue weighted by molar-refractivity contribution is 9.09. The summed E-state index contributed by atoms with van der Waals surface area (Å²) in [6, 6.07) is 9.85. The number of piperidine rings is 1. The summed E-state index contributed by atoms with van der Waals surface area (Å²) in [5, 5.41) is 1.07. The molecule has 1 amide bonds. The fourth-order valence-electron chi connectivity index (χ4n) is 2.80. The van der Waals surface area contributed by atoms with Crippen LogP contribution in [0.3, 0.4) is 0 Å². The van der Waals surface area contributed by atoms with Crippen molar-refractivity contribution in [1.82, 2.24) is 4.90 Å². The number of halogens is 1. The maximum absolute atomic E-state index is 12.1. The molecule has 0 aliphatic carbocycles. The number of ether oxygens (including phenoxy) is 1. The molecule has 0 bridgehead atoms. The van der Waals surface area contributed by atoms with E-state index in [-0.39, 0.29) is 6.09 Å². The van der Waals surface area contributed by atoms with E-state index in [2.05, 4.69) is 15.9 Å². The SMILES string of the molecule is O=C(OCc1ccccc1)N1CCCC(CCCCBr)C1. The number of alkyl halides is 1. The summed E-state index contributed by atoms with van der Waals surface area (Å²) in [6.45, 7) is 2.06. The van der Waals surface area contributed by atoms with E-state index in [1.807, 2.05) is 35.2 Å². The van der Waals surface area contributed by atoms with Crippen molar-refractivity contribution in [3.05, 3.63) is 35.9 Å². The topological polar surface area (TPSA) is 29.5 Å². The average molecular weight is 354 g/mol. The molecule has 4 heteroatoms. The third-order valence-corrected chi connectivity index (χ3v) is 4.54. The van der Waals surface area contributed by atoms with Gasteiger partial charge in [-0.2, -0.15) is 0 Å². The molecule has 1 aromatic rings. The molecule has 2 rings (SSSR count). The Morgan fingerprint density at radius 3 is 2.86 bits per heavy atom. The van der Waals surface area contributed by atoms with E-state index in [0.29, 0.717) is 12.5 Å². The molecule has 1 aromatic carbocycles. The van der Waals surface area contributed by atoms with Crippen molar-refractivity contribution >= 4 is 22.0 Å². The smallest absolute Gasteiger partial charge is 0.410 e. The molecule has 1 saturated heterocycles. The first-order valence-corrected chi connectivity index (χ1v) is 8.93. The van der Waals surface area contributed by atoms with Crippen LogP contribution in [-0.2, 0) is 11.3 Å². The predicted octanol–water partition coefficient (Wildman–Crippen LogP) is 4.60. The summed E-state index contributed by atoms with van der Waals surface area (Å²) in [4.78, 5) is 14.0. The lowest BCUT2D eigenvalue weighted by Crippen LogP contribution is -2.40. The molecule has 116 valence electrons. The van der Waals surface area contributed by atoms with E-state index in [9.17, 15) is 4.79 Å². The molecule has 3 nitrogen and oxygen atoms in total. The number of amides is 1. The molecule has 0 aromatic heterocycles. The van der Waals surface area contributed by atoms with Crippen LogP contribution in [0.25, 0.3) is 0 Å². The summed E-state index contributed by atoms with van der Waals surface area (Å²) in [5.74, 6) is 0.641. The number of nitrogens with zero attached hydrogens (tertiary/aromatic N) is 1. The lowest BCUT2D eigenvalue weighted by molar-refractivity contribution is 0.0777. The zero-order valence-corrected chi connectivity index (χ0v) is 14.1. The highest BCUT2D eigenvalue weighted by Gasteiger charge is 2.24. The Kier molecular flexibility index (Phi) is 7.07. The van der Waals surface area contributed by atoms with Crippen LogP contribution in [0.1, 0.15) is 37.7 Å². The number of hydrogen-bond acceptors (Lipinski definition) is 2. The summed E-state index contributed by atoms with van der Waals surface area (Å²) in [6.07, 6.45) is 5.85. The molecule has 21 heavy (non-hydrogen) atoms. The Morgan fingerprint density at radius 1 is 1.29 bits per heavy atom. The minimum Gasteiger partial charge on any atom is -0.445 e. The van der Waals surface area contributed by atoms with Gasteiger partial charge in [-0.1, -0.05) is 52.7 Å². The van der Waals surface area contributed by atoms with Crippen LogP contribution < -0.4 is 0 Å². The fourth-order valence-corrected chi connectivity index (χ4v) is 3.20. The van der Waals surface area contributed by atoms with E-state index in [4.69, 9.17) is 4.74 Å². The molecule has 1 unspecified atom stereocenters. The van der Waals surface area contributed by atoms with Crippen molar-refractivity contribution in [2.45, 2.75) is 38.7 Å². The Bertz CT molecular complexity index is 424. The van der Waals surface area contributed by atoms with Crippen molar-refractivity contribution in [3.8, 4) is 0 Å². The molecule has 0 spiro atoms. The molecule has 1 aliphatic rings.